The molecule has 0 aromatic carbocycles. The minimum Gasteiger partial charge on any atom is -0.393 e. The van der Waals surface area contributed by atoms with Crippen molar-refractivity contribution in [2.24, 2.45) is 17.8 Å². The highest BCUT2D eigenvalue weighted by molar-refractivity contribution is 4.78. The molecule has 0 aliphatic heterocycles. The molecule has 2 saturated carbocycles. The smallest absolute Gasteiger partial charge is 0.0577 e. The first-order valence-corrected chi connectivity index (χ1v) is 7.46. The van der Waals surface area contributed by atoms with Crippen molar-refractivity contribution in [1.82, 2.24) is 0 Å². The van der Waals surface area contributed by atoms with Crippen LogP contribution >= 0.6 is 0 Å². The van der Waals surface area contributed by atoms with Gasteiger partial charge in [0.15, 0.2) is 0 Å². The van der Waals surface area contributed by atoms with Gasteiger partial charge in [-0.15, -0.1) is 0 Å². The van der Waals surface area contributed by atoms with Gasteiger partial charge < -0.3 is 9.84 Å². The maximum absolute atomic E-state index is 9.75. The molecular formula is C15H28O2. The normalized spacial score (nSPS) is 42.9. The van der Waals surface area contributed by atoms with Crippen LogP contribution in [0, 0.1) is 17.8 Å². The molecule has 2 rings (SSSR count). The van der Waals surface area contributed by atoms with Gasteiger partial charge in [0.2, 0.25) is 0 Å². The van der Waals surface area contributed by atoms with Gasteiger partial charge in [-0.1, -0.05) is 20.3 Å². The Morgan fingerprint density at radius 2 is 1.88 bits per heavy atom. The Labute approximate surface area is 106 Å². The molecule has 5 unspecified atom stereocenters. The number of ether oxygens (including phenoxy) is 1. The number of aliphatic hydroxyl groups is 1. The summed E-state index contributed by atoms with van der Waals surface area (Å²) in [6, 6.07) is 0. The number of hydrogen-bond acceptors (Lipinski definition) is 2. The zero-order chi connectivity index (χ0) is 12.3. The fraction of sp³-hybridized carbons (Fsp3) is 1.00. The third-order valence-corrected chi connectivity index (χ3v) is 5.01. The average molecular weight is 240 g/mol. The monoisotopic (exact) mass is 240 g/mol. The maximum Gasteiger partial charge on any atom is 0.0577 e. The van der Waals surface area contributed by atoms with Crippen LogP contribution in [0.1, 0.15) is 58.8 Å². The number of hydrogen-bond donors (Lipinski definition) is 1. The quantitative estimate of drug-likeness (QED) is 0.816. The van der Waals surface area contributed by atoms with Crippen molar-refractivity contribution in [2.75, 3.05) is 6.61 Å². The Kier molecular flexibility index (Phi) is 4.87. The number of aliphatic hydroxyl groups excluding tert-OH is 1. The SMILES string of the molecule is CC1CCC(OCCC2CCCC2O)CC1C. The van der Waals surface area contributed by atoms with Gasteiger partial charge >= 0.3 is 0 Å². The lowest BCUT2D eigenvalue weighted by molar-refractivity contribution is -0.00892. The first kappa shape index (κ1) is 13.4. The van der Waals surface area contributed by atoms with Crippen molar-refractivity contribution in [3.8, 4) is 0 Å². The van der Waals surface area contributed by atoms with Crippen molar-refractivity contribution in [1.29, 1.82) is 0 Å². The summed E-state index contributed by atoms with van der Waals surface area (Å²) in [6.45, 7) is 5.56. The molecule has 0 aromatic rings. The second-order valence-electron chi connectivity index (χ2n) is 6.31. The molecule has 17 heavy (non-hydrogen) atoms. The lowest BCUT2D eigenvalue weighted by Gasteiger charge is -2.32. The zero-order valence-corrected chi connectivity index (χ0v) is 11.4. The van der Waals surface area contributed by atoms with Crippen LogP contribution in [0.5, 0.6) is 0 Å². The van der Waals surface area contributed by atoms with Crippen LogP contribution in [0.2, 0.25) is 0 Å². The molecule has 2 heteroatoms. The number of rotatable bonds is 4. The van der Waals surface area contributed by atoms with Crippen molar-refractivity contribution in [2.45, 2.75) is 71.0 Å². The highest BCUT2D eigenvalue weighted by atomic mass is 16.5. The van der Waals surface area contributed by atoms with Crippen molar-refractivity contribution in [3.05, 3.63) is 0 Å². The maximum atomic E-state index is 9.75. The van der Waals surface area contributed by atoms with Crippen LogP contribution in [0.4, 0.5) is 0 Å². The molecular weight excluding hydrogens is 212 g/mol. The van der Waals surface area contributed by atoms with Gasteiger partial charge in [-0.2, -0.15) is 0 Å². The molecule has 5 atom stereocenters. The molecule has 2 nitrogen and oxygen atoms in total. The van der Waals surface area contributed by atoms with E-state index in [2.05, 4.69) is 13.8 Å². The molecule has 0 heterocycles. The summed E-state index contributed by atoms with van der Waals surface area (Å²) in [5, 5.41) is 9.75. The summed E-state index contributed by atoms with van der Waals surface area (Å²) in [5.41, 5.74) is 0. The molecule has 2 aliphatic rings. The molecule has 0 bridgehead atoms. The van der Waals surface area contributed by atoms with Gasteiger partial charge in [0.1, 0.15) is 0 Å². The van der Waals surface area contributed by atoms with Gasteiger partial charge in [0.25, 0.3) is 0 Å². The highest BCUT2D eigenvalue weighted by Crippen LogP contribution is 2.32. The molecule has 2 fully saturated rings. The fourth-order valence-corrected chi connectivity index (χ4v) is 3.39. The van der Waals surface area contributed by atoms with E-state index in [4.69, 9.17) is 4.74 Å². The first-order valence-electron chi connectivity index (χ1n) is 7.46. The highest BCUT2D eigenvalue weighted by Gasteiger charge is 2.27. The van der Waals surface area contributed by atoms with E-state index in [-0.39, 0.29) is 6.10 Å². The van der Waals surface area contributed by atoms with Gasteiger partial charge in [0.05, 0.1) is 12.2 Å². The Morgan fingerprint density at radius 3 is 2.53 bits per heavy atom. The second-order valence-corrected chi connectivity index (χ2v) is 6.31. The Morgan fingerprint density at radius 1 is 1.06 bits per heavy atom. The summed E-state index contributed by atoms with van der Waals surface area (Å²) < 4.78 is 6.00. The molecule has 0 radical (unpaired) electrons. The molecule has 0 saturated heterocycles. The third kappa shape index (κ3) is 3.69. The Bertz CT molecular complexity index is 229. The van der Waals surface area contributed by atoms with Gasteiger partial charge in [-0.3, -0.25) is 0 Å². The molecule has 100 valence electrons. The van der Waals surface area contributed by atoms with E-state index in [9.17, 15) is 5.11 Å². The predicted molar refractivity (Wildman–Crippen MR) is 69.9 cm³/mol. The van der Waals surface area contributed by atoms with E-state index in [0.29, 0.717) is 12.0 Å². The van der Waals surface area contributed by atoms with E-state index in [1.165, 1.54) is 32.1 Å². The van der Waals surface area contributed by atoms with Crippen LogP contribution in [0.3, 0.4) is 0 Å². The molecule has 0 amide bonds. The third-order valence-electron chi connectivity index (χ3n) is 5.01. The van der Waals surface area contributed by atoms with E-state index in [1.54, 1.807) is 0 Å². The Balaban J connectivity index is 1.62. The van der Waals surface area contributed by atoms with E-state index in [0.717, 1.165) is 31.3 Å². The van der Waals surface area contributed by atoms with Crippen molar-refractivity contribution < 1.29 is 9.84 Å². The van der Waals surface area contributed by atoms with Gasteiger partial charge in [-0.05, 0) is 56.3 Å². The van der Waals surface area contributed by atoms with Crippen LogP contribution in [-0.4, -0.2) is 23.9 Å². The molecule has 2 aliphatic carbocycles. The second kappa shape index (κ2) is 6.19. The minimum absolute atomic E-state index is 0.0519. The first-order chi connectivity index (χ1) is 8.16. The summed E-state index contributed by atoms with van der Waals surface area (Å²) >= 11 is 0. The minimum atomic E-state index is -0.0519. The van der Waals surface area contributed by atoms with E-state index >= 15 is 0 Å². The summed E-state index contributed by atoms with van der Waals surface area (Å²) in [4.78, 5) is 0. The van der Waals surface area contributed by atoms with Crippen LogP contribution in [-0.2, 0) is 4.74 Å². The van der Waals surface area contributed by atoms with Gasteiger partial charge in [0, 0.05) is 6.61 Å². The zero-order valence-electron chi connectivity index (χ0n) is 11.4. The lowest BCUT2D eigenvalue weighted by atomic mass is 9.80. The van der Waals surface area contributed by atoms with Crippen LogP contribution < -0.4 is 0 Å². The fourth-order valence-electron chi connectivity index (χ4n) is 3.39. The molecule has 1 N–H and O–H groups in total. The summed E-state index contributed by atoms with van der Waals surface area (Å²) in [6.07, 6.45) is 8.67. The van der Waals surface area contributed by atoms with Crippen LogP contribution in [0.15, 0.2) is 0 Å². The van der Waals surface area contributed by atoms with Crippen molar-refractivity contribution >= 4 is 0 Å². The van der Waals surface area contributed by atoms with E-state index in [1.807, 2.05) is 0 Å². The molecule has 0 spiro atoms. The summed E-state index contributed by atoms with van der Waals surface area (Å²) in [7, 11) is 0. The average Bonchev–Trinajstić information content (AvgIpc) is 2.70. The lowest BCUT2D eigenvalue weighted by Crippen LogP contribution is -2.27. The standard InChI is InChI=1S/C15H28O2/c1-11-6-7-14(10-12(11)2)17-9-8-13-4-3-5-15(13)16/h11-16H,3-10H2,1-2H3. The van der Waals surface area contributed by atoms with Crippen molar-refractivity contribution in [3.63, 3.8) is 0 Å². The molecule has 0 aromatic heterocycles. The van der Waals surface area contributed by atoms with Gasteiger partial charge in [-0.25, -0.2) is 0 Å². The largest absolute Gasteiger partial charge is 0.393 e. The predicted octanol–water partition coefficient (Wildman–Crippen LogP) is 3.38. The van der Waals surface area contributed by atoms with E-state index < -0.39 is 0 Å². The van der Waals surface area contributed by atoms with Crippen LogP contribution in [0.25, 0.3) is 0 Å². The topological polar surface area (TPSA) is 29.5 Å². The summed E-state index contributed by atoms with van der Waals surface area (Å²) in [5.74, 6) is 2.19. The Hall–Kier alpha value is -0.0800.